The molecule has 1 heterocycles. The van der Waals surface area contributed by atoms with Crippen LogP contribution in [-0.2, 0) is 0 Å². The minimum Gasteiger partial charge on any atom is -0.296 e. The van der Waals surface area contributed by atoms with Crippen LogP contribution in [0.1, 0.15) is 20.9 Å². The Kier molecular flexibility index (Phi) is 5.31. The zero-order chi connectivity index (χ0) is 18.4. The van der Waals surface area contributed by atoms with Crippen molar-refractivity contribution in [3.8, 4) is 6.07 Å². The van der Waals surface area contributed by atoms with Gasteiger partial charge in [0, 0.05) is 5.56 Å². The molecule has 8 heteroatoms. The van der Waals surface area contributed by atoms with Crippen LogP contribution in [0.3, 0.4) is 0 Å². The highest BCUT2D eigenvalue weighted by Gasteiger charge is 2.13. The van der Waals surface area contributed by atoms with Crippen LogP contribution < -0.4 is 10.7 Å². The van der Waals surface area contributed by atoms with Crippen LogP contribution in [-0.4, -0.2) is 21.8 Å². The SMILES string of the molecule is Cc1ccc(N/N=C(\C#N)c2nnc(NC(=O)c3ccccc3)s2)cc1. The molecule has 0 spiro atoms. The summed E-state index contributed by atoms with van der Waals surface area (Å²) in [6, 6.07) is 18.4. The lowest BCUT2D eigenvalue weighted by Gasteiger charge is -2.00. The van der Waals surface area contributed by atoms with Gasteiger partial charge in [-0.1, -0.05) is 47.2 Å². The molecule has 0 aliphatic heterocycles. The predicted molar refractivity (Wildman–Crippen MR) is 101 cm³/mol. The molecule has 0 saturated heterocycles. The summed E-state index contributed by atoms with van der Waals surface area (Å²) < 4.78 is 0. The van der Waals surface area contributed by atoms with Gasteiger partial charge in [0.25, 0.3) is 5.91 Å². The van der Waals surface area contributed by atoms with Crippen LogP contribution >= 0.6 is 11.3 Å². The first kappa shape index (κ1) is 17.3. The number of hydrogen-bond acceptors (Lipinski definition) is 7. The van der Waals surface area contributed by atoms with Gasteiger partial charge in [0.2, 0.25) is 5.13 Å². The molecule has 7 nitrogen and oxygen atoms in total. The Hall–Kier alpha value is -3.57. The normalized spacial score (nSPS) is 10.8. The van der Waals surface area contributed by atoms with Crippen LogP contribution in [0.5, 0.6) is 0 Å². The molecule has 0 atom stereocenters. The van der Waals surface area contributed by atoms with E-state index in [1.165, 1.54) is 0 Å². The molecule has 0 bridgehead atoms. The first-order valence-electron chi connectivity index (χ1n) is 7.66. The van der Waals surface area contributed by atoms with Gasteiger partial charge in [-0.2, -0.15) is 10.4 Å². The third kappa shape index (κ3) is 4.28. The second-order valence-electron chi connectivity index (χ2n) is 5.28. The number of aromatic nitrogens is 2. The Morgan fingerprint density at radius 1 is 1.12 bits per heavy atom. The van der Waals surface area contributed by atoms with E-state index in [-0.39, 0.29) is 11.6 Å². The number of hydrogen-bond donors (Lipinski definition) is 2. The maximum atomic E-state index is 12.1. The van der Waals surface area contributed by atoms with Gasteiger partial charge in [0.05, 0.1) is 5.69 Å². The Balaban J connectivity index is 1.70. The smallest absolute Gasteiger partial charge is 0.257 e. The second-order valence-corrected chi connectivity index (χ2v) is 6.26. The van der Waals surface area contributed by atoms with E-state index < -0.39 is 0 Å². The molecule has 0 saturated carbocycles. The van der Waals surface area contributed by atoms with Gasteiger partial charge < -0.3 is 0 Å². The van der Waals surface area contributed by atoms with Crippen molar-refractivity contribution < 1.29 is 4.79 Å². The summed E-state index contributed by atoms with van der Waals surface area (Å²) in [4.78, 5) is 12.1. The number of benzene rings is 2. The molecular formula is C18H14N6OS. The van der Waals surface area contributed by atoms with Crippen molar-refractivity contribution in [2.75, 3.05) is 10.7 Å². The number of aryl methyl sites for hydroxylation is 1. The first-order valence-corrected chi connectivity index (χ1v) is 8.48. The van der Waals surface area contributed by atoms with Gasteiger partial charge >= 0.3 is 0 Å². The minimum absolute atomic E-state index is 0.0864. The summed E-state index contributed by atoms with van der Waals surface area (Å²) in [5.41, 5.74) is 5.30. The summed E-state index contributed by atoms with van der Waals surface area (Å²) in [7, 11) is 0. The van der Waals surface area contributed by atoms with E-state index in [1.807, 2.05) is 43.3 Å². The highest BCUT2D eigenvalue weighted by molar-refractivity contribution is 7.17. The van der Waals surface area contributed by atoms with E-state index >= 15 is 0 Å². The maximum absolute atomic E-state index is 12.1. The van der Waals surface area contributed by atoms with E-state index in [0.29, 0.717) is 15.7 Å². The lowest BCUT2D eigenvalue weighted by Crippen LogP contribution is -2.11. The van der Waals surface area contributed by atoms with Crippen molar-refractivity contribution in [3.05, 3.63) is 70.7 Å². The van der Waals surface area contributed by atoms with Gasteiger partial charge in [-0.3, -0.25) is 15.5 Å². The van der Waals surface area contributed by atoms with E-state index in [2.05, 4.69) is 26.0 Å². The van der Waals surface area contributed by atoms with Crippen molar-refractivity contribution in [1.29, 1.82) is 5.26 Å². The molecular weight excluding hydrogens is 348 g/mol. The summed E-state index contributed by atoms with van der Waals surface area (Å²) in [5, 5.41) is 24.5. The number of anilines is 2. The summed E-state index contributed by atoms with van der Waals surface area (Å²) >= 11 is 1.08. The van der Waals surface area contributed by atoms with Gasteiger partial charge in [0.1, 0.15) is 6.07 Å². The second kappa shape index (κ2) is 8.00. The molecule has 0 fully saturated rings. The molecule has 128 valence electrons. The average Bonchev–Trinajstić information content (AvgIpc) is 3.12. The highest BCUT2D eigenvalue weighted by Crippen LogP contribution is 2.17. The summed E-state index contributed by atoms with van der Waals surface area (Å²) in [6.07, 6.45) is 0. The van der Waals surface area contributed by atoms with Crippen molar-refractivity contribution in [1.82, 2.24) is 10.2 Å². The summed E-state index contributed by atoms with van der Waals surface area (Å²) in [6.45, 7) is 1.99. The van der Waals surface area contributed by atoms with Crippen LogP contribution in [0.25, 0.3) is 0 Å². The third-order valence-corrected chi connectivity index (χ3v) is 4.18. The van der Waals surface area contributed by atoms with E-state index in [0.717, 1.165) is 22.6 Å². The Morgan fingerprint density at radius 2 is 1.85 bits per heavy atom. The number of rotatable bonds is 5. The Bertz CT molecular complexity index is 973. The van der Waals surface area contributed by atoms with Crippen LogP contribution in [0, 0.1) is 18.3 Å². The first-order chi connectivity index (χ1) is 12.7. The lowest BCUT2D eigenvalue weighted by atomic mass is 10.2. The number of nitrogens with zero attached hydrogens (tertiary/aromatic N) is 4. The van der Waals surface area contributed by atoms with Crippen molar-refractivity contribution >= 4 is 33.8 Å². The van der Waals surface area contributed by atoms with Crippen molar-refractivity contribution in [3.63, 3.8) is 0 Å². The number of nitrogens with one attached hydrogen (secondary N) is 2. The van der Waals surface area contributed by atoms with E-state index in [1.54, 1.807) is 24.3 Å². The zero-order valence-electron chi connectivity index (χ0n) is 13.8. The Morgan fingerprint density at radius 3 is 2.54 bits per heavy atom. The van der Waals surface area contributed by atoms with Gasteiger partial charge in [-0.15, -0.1) is 10.2 Å². The topological polar surface area (TPSA) is 103 Å². The number of carbonyl (C=O) groups excluding carboxylic acids is 1. The fourth-order valence-corrected chi connectivity index (χ4v) is 2.68. The predicted octanol–water partition coefficient (Wildman–Crippen LogP) is 3.44. The minimum atomic E-state index is -0.290. The molecule has 1 aromatic heterocycles. The fraction of sp³-hybridized carbons (Fsp3) is 0.0556. The third-order valence-electron chi connectivity index (χ3n) is 3.34. The monoisotopic (exact) mass is 362 g/mol. The molecule has 2 aromatic carbocycles. The summed E-state index contributed by atoms with van der Waals surface area (Å²) in [5.74, 6) is -0.290. The standard InChI is InChI=1S/C18H14N6OS/c1-12-7-9-14(10-8-12)21-22-15(11-19)17-23-24-18(26-17)20-16(25)13-5-3-2-4-6-13/h2-10,21H,1H3,(H,20,24,25)/b22-15+. The number of carbonyl (C=O) groups is 1. The zero-order valence-corrected chi connectivity index (χ0v) is 14.6. The quantitative estimate of drug-likeness (QED) is 0.534. The Labute approximate surface area is 154 Å². The number of hydrazone groups is 1. The fourth-order valence-electron chi connectivity index (χ4n) is 2.00. The van der Waals surface area contributed by atoms with Gasteiger partial charge in [0.15, 0.2) is 10.7 Å². The van der Waals surface area contributed by atoms with Crippen LogP contribution in [0.15, 0.2) is 59.7 Å². The lowest BCUT2D eigenvalue weighted by molar-refractivity contribution is 0.102. The van der Waals surface area contributed by atoms with Gasteiger partial charge in [-0.25, -0.2) is 0 Å². The molecule has 0 radical (unpaired) electrons. The largest absolute Gasteiger partial charge is 0.296 e. The average molecular weight is 362 g/mol. The molecule has 3 rings (SSSR count). The van der Waals surface area contributed by atoms with Crippen molar-refractivity contribution in [2.24, 2.45) is 5.10 Å². The molecule has 0 aliphatic carbocycles. The molecule has 1 amide bonds. The number of nitriles is 1. The van der Waals surface area contributed by atoms with E-state index in [4.69, 9.17) is 0 Å². The molecule has 26 heavy (non-hydrogen) atoms. The van der Waals surface area contributed by atoms with Crippen LogP contribution in [0.2, 0.25) is 0 Å². The molecule has 2 N–H and O–H groups in total. The molecule has 3 aromatic rings. The molecule has 0 aliphatic rings. The number of amides is 1. The highest BCUT2D eigenvalue weighted by atomic mass is 32.1. The van der Waals surface area contributed by atoms with Gasteiger partial charge in [-0.05, 0) is 31.2 Å². The van der Waals surface area contributed by atoms with E-state index in [9.17, 15) is 10.1 Å². The van der Waals surface area contributed by atoms with Crippen LogP contribution in [0.4, 0.5) is 10.8 Å². The maximum Gasteiger partial charge on any atom is 0.257 e. The van der Waals surface area contributed by atoms with Crippen molar-refractivity contribution in [2.45, 2.75) is 6.92 Å². The molecule has 0 unspecified atom stereocenters.